The maximum Gasteiger partial charge on any atom is 0.307 e. The molecule has 0 saturated carbocycles. The summed E-state index contributed by atoms with van der Waals surface area (Å²) in [5.41, 5.74) is 1.86. The van der Waals surface area contributed by atoms with Gasteiger partial charge in [0.25, 0.3) is 0 Å². The molecule has 1 N–H and O–H groups in total. The Labute approximate surface area is 191 Å². The van der Waals surface area contributed by atoms with Crippen LogP contribution in [0.2, 0.25) is 5.02 Å². The summed E-state index contributed by atoms with van der Waals surface area (Å²) < 4.78 is 5.43. The van der Waals surface area contributed by atoms with Gasteiger partial charge in [0.15, 0.2) is 5.13 Å². The van der Waals surface area contributed by atoms with E-state index in [1.165, 1.54) is 11.3 Å². The molecule has 0 bridgehead atoms. The Morgan fingerprint density at radius 3 is 2.45 bits per heavy atom. The molecule has 31 heavy (non-hydrogen) atoms. The molecular formula is C24H25ClN2O3S. The molecule has 0 radical (unpaired) electrons. The average Bonchev–Trinajstić information content (AvgIpc) is 3.15. The van der Waals surface area contributed by atoms with Crippen LogP contribution < -0.4 is 5.32 Å². The summed E-state index contributed by atoms with van der Waals surface area (Å²) in [6.45, 7) is 5.43. The molecule has 0 aliphatic heterocycles. The molecule has 0 saturated heterocycles. The third-order valence-corrected chi connectivity index (χ3v) is 5.50. The Balaban J connectivity index is 1.75. The second-order valence-corrected chi connectivity index (χ2v) is 9.45. The topological polar surface area (TPSA) is 68.3 Å². The number of amides is 1. The summed E-state index contributed by atoms with van der Waals surface area (Å²) in [4.78, 5) is 30.0. The molecule has 0 aliphatic carbocycles. The minimum absolute atomic E-state index is 0.0132. The molecule has 0 spiro atoms. The van der Waals surface area contributed by atoms with Crippen molar-refractivity contribution in [3.63, 3.8) is 0 Å². The van der Waals surface area contributed by atoms with Crippen LogP contribution in [0.3, 0.4) is 0 Å². The molecule has 3 rings (SSSR count). The van der Waals surface area contributed by atoms with Gasteiger partial charge in [-0.05, 0) is 38.8 Å². The van der Waals surface area contributed by atoms with E-state index in [9.17, 15) is 9.59 Å². The van der Waals surface area contributed by atoms with E-state index in [1.807, 2.05) is 74.7 Å². The first kappa shape index (κ1) is 23.0. The second-order valence-electron chi connectivity index (χ2n) is 8.18. The number of halogens is 1. The summed E-state index contributed by atoms with van der Waals surface area (Å²) in [5, 5.41) is 5.76. The van der Waals surface area contributed by atoms with Gasteiger partial charge in [-0.25, -0.2) is 4.98 Å². The molecule has 5 nitrogen and oxygen atoms in total. The van der Waals surface area contributed by atoms with Gasteiger partial charge in [0, 0.05) is 16.0 Å². The van der Waals surface area contributed by atoms with Crippen LogP contribution in [-0.4, -0.2) is 22.5 Å². The van der Waals surface area contributed by atoms with Gasteiger partial charge >= 0.3 is 5.97 Å². The van der Waals surface area contributed by atoms with E-state index < -0.39 is 17.5 Å². The monoisotopic (exact) mass is 456 g/mol. The third kappa shape index (κ3) is 6.91. The van der Waals surface area contributed by atoms with E-state index in [4.69, 9.17) is 16.3 Å². The maximum absolute atomic E-state index is 13.1. The van der Waals surface area contributed by atoms with Crippen molar-refractivity contribution in [3.8, 4) is 11.3 Å². The Kier molecular flexibility index (Phi) is 7.46. The molecule has 0 fully saturated rings. The Hall–Kier alpha value is -2.70. The van der Waals surface area contributed by atoms with Gasteiger partial charge in [-0.15, -0.1) is 11.3 Å². The zero-order valence-corrected chi connectivity index (χ0v) is 19.3. The highest BCUT2D eigenvalue weighted by atomic mass is 35.5. The first-order chi connectivity index (χ1) is 14.7. The van der Waals surface area contributed by atoms with Gasteiger partial charge in [0.1, 0.15) is 5.60 Å². The molecule has 1 unspecified atom stereocenters. The van der Waals surface area contributed by atoms with Gasteiger partial charge in [-0.3, -0.25) is 9.59 Å². The quantitative estimate of drug-likeness (QED) is 0.443. The lowest BCUT2D eigenvalue weighted by atomic mass is 9.95. The molecule has 7 heteroatoms. The van der Waals surface area contributed by atoms with Crippen molar-refractivity contribution >= 4 is 39.9 Å². The first-order valence-corrected chi connectivity index (χ1v) is 11.2. The van der Waals surface area contributed by atoms with Crippen LogP contribution in [0.1, 0.15) is 32.8 Å². The van der Waals surface area contributed by atoms with E-state index in [0.717, 1.165) is 11.1 Å². The van der Waals surface area contributed by atoms with E-state index in [2.05, 4.69) is 10.3 Å². The summed E-state index contributed by atoms with van der Waals surface area (Å²) in [6, 6.07) is 17.0. The lowest BCUT2D eigenvalue weighted by Crippen LogP contribution is -2.31. The van der Waals surface area contributed by atoms with E-state index in [1.54, 1.807) is 6.07 Å². The number of aromatic nitrogens is 1. The van der Waals surface area contributed by atoms with Crippen LogP contribution in [-0.2, 0) is 20.7 Å². The minimum atomic E-state index is -0.607. The summed E-state index contributed by atoms with van der Waals surface area (Å²) in [7, 11) is 0. The van der Waals surface area contributed by atoms with Crippen molar-refractivity contribution in [1.29, 1.82) is 0 Å². The number of ether oxygens (including phenoxy) is 1. The van der Waals surface area contributed by atoms with Crippen LogP contribution in [0.5, 0.6) is 0 Å². The number of benzene rings is 2. The number of rotatable bonds is 7. The highest BCUT2D eigenvalue weighted by Gasteiger charge is 2.26. The first-order valence-electron chi connectivity index (χ1n) is 9.98. The predicted molar refractivity (Wildman–Crippen MR) is 125 cm³/mol. The van der Waals surface area contributed by atoms with Crippen LogP contribution in [0, 0.1) is 5.92 Å². The van der Waals surface area contributed by atoms with Crippen molar-refractivity contribution in [2.45, 2.75) is 39.2 Å². The maximum atomic E-state index is 13.1. The molecule has 1 amide bonds. The summed E-state index contributed by atoms with van der Waals surface area (Å²) in [6.07, 6.45) is 0.412. The number of carbonyl (C=O) groups is 2. The lowest BCUT2D eigenvalue weighted by molar-refractivity contribution is -0.157. The fourth-order valence-electron chi connectivity index (χ4n) is 3.07. The minimum Gasteiger partial charge on any atom is -0.460 e. The molecule has 1 heterocycles. The lowest BCUT2D eigenvalue weighted by Gasteiger charge is -2.22. The summed E-state index contributed by atoms with van der Waals surface area (Å²) >= 11 is 7.57. The molecule has 2 aromatic carbocycles. The molecule has 3 aromatic rings. The van der Waals surface area contributed by atoms with Crippen LogP contribution in [0.25, 0.3) is 11.3 Å². The Morgan fingerprint density at radius 2 is 1.77 bits per heavy atom. The van der Waals surface area contributed by atoms with Crippen molar-refractivity contribution < 1.29 is 14.3 Å². The number of nitrogens with one attached hydrogen (secondary N) is 1. The van der Waals surface area contributed by atoms with Crippen LogP contribution in [0.15, 0.2) is 60.0 Å². The van der Waals surface area contributed by atoms with Crippen LogP contribution in [0.4, 0.5) is 5.13 Å². The number of hydrogen-bond acceptors (Lipinski definition) is 5. The van der Waals surface area contributed by atoms with Crippen LogP contribution >= 0.6 is 22.9 Å². The second kappa shape index (κ2) is 10.1. The zero-order chi connectivity index (χ0) is 22.4. The third-order valence-electron chi connectivity index (χ3n) is 4.41. The number of nitrogens with zero attached hydrogens (tertiary/aromatic N) is 1. The number of thiazole rings is 1. The van der Waals surface area contributed by atoms with Gasteiger partial charge in [-0.1, -0.05) is 60.1 Å². The largest absolute Gasteiger partial charge is 0.460 e. The van der Waals surface area contributed by atoms with Gasteiger partial charge in [0.05, 0.1) is 18.0 Å². The highest BCUT2D eigenvalue weighted by molar-refractivity contribution is 7.14. The van der Waals surface area contributed by atoms with E-state index >= 15 is 0 Å². The number of carbonyl (C=O) groups excluding carboxylic acids is 2. The predicted octanol–water partition coefficient (Wildman–Crippen LogP) is 5.99. The van der Waals surface area contributed by atoms with Gasteiger partial charge in [-0.2, -0.15) is 0 Å². The molecule has 1 atom stereocenters. The number of esters is 1. The van der Waals surface area contributed by atoms with Crippen molar-refractivity contribution in [2.75, 3.05) is 5.32 Å². The van der Waals surface area contributed by atoms with Crippen molar-refractivity contribution in [2.24, 2.45) is 5.92 Å². The van der Waals surface area contributed by atoms with Crippen molar-refractivity contribution in [3.05, 3.63) is 70.6 Å². The standard InChI is InChI=1S/C24H25ClN2O3S/c1-24(2,3)30-21(28)14-17(13-16-9-5-4-6-10-16)22(29)27-23-26-20(15-31-23)18-11-7-8-12-19(18)25/h4-12,15,17H,13-14H2,1-3H3,(H,26,27,29). The molecule has 0 aliphatic rings. The average molecular weight is 457 g/mol. The highest BCUT2D eigenvalue weighted by Crippen LogP contribution is 2.30. The summed E-state index contributed by atoms with van der Waals surface area (Å²) in [5.74, 6) is -1.25. The Bertz CT molecular complexity index is 1040. The molecular weight excluding hydrogens is 432 g/mol. The normalized spacial score (nSPS) is 12.3. The van der Waals surface area contributed by atoms with E-state index in [0.29, 0.717) is 22.3 Å². The molecule has 1 aromatic heterocycles. The van der Waals surface area contributed by atoms with Gasteiger partial charge < -0.3 is 10.1 Å². The zero-order valence-electron chi connectivity index (χ0n) is 17.7. The SMILES string of the molecule is CC(C)(C)OC(=O)CC(Cc1ccccc1)C(=O)Nc1nc(-c2ccccc2Cl)cs1. The molecule has 162 valence electrons. The fourth-order valence-corrected chi connectivity index (χ4v) is 4.02. The fraction of sp³-hybridized carbons (Fsp3) is 0.292. The number of hydrogen-bond donors (Lipinski definition) is 1. The van der Waals surface area contributed by atoms with Gasteiger partial charge in [0.2, 0.25) is 5.91 Å². The Morgan fingerprint density at radius 1 is 1.10 bits per heavy atom. The number of anilines is 1. The smallest absolute Gasteiger partial charge is 0.307 e. The van der Waals surface area contributed by atoms with E-state index in [-0.39, 0.29) is 12.3 Å². The van der Waals surface area contributed by atoms with Crippen molar-refractivity contribution in [1.82, 2.24) is 4.98 Å².